The van der Waals surface area contributed by atoms with Gasteiger partial charge in [0.05, 0.1) is 12.7 Å². The van der Waals surface area contributed by atoms with Gasteiger partial charge in [0.25, 0.3) is 0 Å². The van der Waals surface area contributed by atoms with Gasteiger partial charge in [-0.05, 0) is 30.0 Å². The zero-order valence-electron chi connectivity index (χ0n) is 10.9. The van der Waals surface area contributed by atoms with Gasteiger partial charge in [-0.3, -0.25) is 4.79 Å². The van der Waals surface area contributed by atoms with Crippen molar-refractivity contribution >= 4 is 5.78 Å². The summed E-state index contributed by atoms with van der Waals surface area (Å²) in [6, 6.07) is 8.24. The molecule has 0 radical (unpaired) electrons. The standard InChI is InChI=1S/C15H21NO2/c1-11(10-16)8-13(17)9-15-14-5-3-2-4-12(14)6-7-18-15/h2-5,11,15H,6-10,16H2,1H3. The third kappa shape index (κ3) is 3.18. The van der Waals surface area contributed by atoms with Crippen LogP contribution in [0.15, 0.2) is 24.3 Å². The highest BCUT2D eigenvalue weighted by molar-refractivity contribution is 5.79. The van der Waals surface area contributed by atoms with E-state index in [0.717, 1.165) is 6.42 Å². The fourth-order valence-corrected chi connectivity index (χ4v) is 2.41. The van der Waals surface area contributed by atoms with E-state index in [1.165, 1.54) is 11.1 Å². The SMILES string of the molecule is CC(CN)CC(=O)CC1OCCc2ccccc21. The lowest BCUT2D eigenvalue weighted by atomic mass is 9.92. The first-order valence-electron chi connectivity index (χ1n) is 6.62. The Bertz CT molecular complexity index is 417. The van der Waals surface area contributed by atoms with Crippen LogP contribution in [-0.2, 0) is 16.0 Å². The van der Waals surface area contributed by atoms with E-state index in [0.29, 0.717) is 26.0 Å². The lowest BCUT2D eigenvalue weighted by Gasteiger charge is -2.25. The number of hydrogen-bond acceptors (Lipinski definition) is 3. The predicted octanol–water partition coefficient (Wildman–Crippen LogP) is 2.24. The van der Waals surface area contributed by atoms with E-state index in [4.69, 9.17) is 10.5 Å². The number of fused-ring (bicyclic) bond motifs is 1. The van der Waals surface area contributed by atoms with Crippen LogP contribution in [0.4, 0.5) is 0 Å². The zero-order valence-corrected chi connectivity index (χ0v) is 10.9. The molecule has 1 heterocycles. The Morgan fingerprint density at radius 1 is 1.50 bits per heavy atom. The van der Waals surface area contributed by atoms with Gasteiger partial charge >= 0.3 is 0 Å². The van der Waals surface area contributed by atoms with Crippen molar-refractivity contribution in [3.63, 3.8) is 0 Å². The Labute approximate surface area is 108 Å². The molecule has 3 heteroatoms. The van der Waals surface area contributed by atoms with E-state index in [1.54, 1.807) is 0 Å². The lowest BCUT2D eigenvalue weighted by Crippen LogP contribution is -2.21. The molecule has 0 aromatic heterocycles. The van der Waals surface area contributed by atoms with Crippen molar-refractivity contribution in [2.45, 2.75) is 32.3 Å². The molecular weight excluding hydrogens is 226 g/mol. The van der Waals surface area contributed by atoms with Gasteiger partial charge in [0, 0.05) is 12.8 Å². The summed E-state index contributed by atoms with van der Waals surface area (Å²) in [4.78, 5) is 12.0. The molecule has 1 aliphatic rings. The summed E-state index contributed by atoms with van der Waals surface area (Å²) in [5, 5.41) is 0. The minimum Gasteiger partial charge on any atom is -0.373 e. The zero-order chi connectivity index (χ0) is 13.0. The topological polar surface area (TPSA) is 52.3 Å². The monoisotopic (exact) mass is 247 g/mol. The Balaban J connectivity index is 2.01. The lowest BCUT2D eigenvalue weighted by molar-refractivity contribution is -0.123. The van der Waals surface area contributed by atoms with E-state index in [-0.39, 0.29) is 17.8 Å². The van der Waals surface area contributed by atoms with Crippen LogP contribution >= 0.6 is 0 Å². The van der Waals surface area contributed by atoms with Gasteiger partial charge in [-0.2, -0.15) is 0 Å². The molecule has 18 heavy (non-hydrogen) atoms. The molecule has 2 unspecified atom stereocenters. The fourth-order valence-electron chi connectivity index (χ4n) is 2.41. The molecule has 0 amide bonds. The van der Waals surface area contributed by atoms with Gasteiger partial charge in [-0.15, -0.1) is 0 Å². The summed E-state index contributed by atoms with van der Waals surface area (Å²) < 4.78 is 5.74. The predicted molar refractivity (Wildman–Crippen MR) is 71.3 cm³/mol. The number of carbonyl (C=O) groups is 1. The number of carbonyl (C=O) groups excluding carboxylic acids is 1. The summed E-state index contributed by atoms with van der Waals surface area (Å²) in [6.45, 7) is 3.28. The van der Waals surface area contributed by atoms with Gasteiger partial charge in [-0.25, -0.2) is 0 Å². The number of hydrogen-bond donors (Lipinski definition) is 1. The summed E-state index contributed by atoms with van der Waals surface area (Å²) in [5.74, 6) is 0.506. The largest absolute Gasteiger partial charge is 0.373 e. The van der Waals surface area contributed by atoms with E-state index in [9.17, 15) is 4.79 Å². The van der Waals surface area contributed by atoms with Gasteiger partial charge in [-0.1, -0.05) is 31.2 Å². The van der Waals surface area contributed by atoms with Crippen molar-refractivity contribution in [3.8, 4) is 0 Å². The van der Waals surface area contributed by atoms with Crippen LogP contribution < -0.4 is 5.73 Å². The first-order chi connectivity index (χ1) is 8.70. The third-order valence-corrected chi connectivity index (χ3v) is 3.48. The summed E-state index contributed by atoms with van der Waals surface area (Å²) >= 11 is 0. The van der Waals surface area contributed by atoms with E-state index >= 15 is 0 Å². The van der Waals surface area contributed by atoms with Crippen molar-refractivity contribution in [2.75, 3.05) is 13.2 Å². The molecule has 0 fully saturated rings. The van der Waals surface area contributed by atoms with E-state index in [2.05, 4.69) is 12.1 Å². The molecule has 0 saturated heterocycles. The van der Waals surface area contributed by atoms with Gasteiger partial charge < -0.3 is 10.5 Å². The molecule has 2 rings (SSSR count). The summed E-state index contributed by atoms with van der Waals surface area (Å²) in [5.41, 5.74) is 8.04. The highest BCUT2D eigenvalue weighted by Crippen LogP contribution is 2.30. The van der Waals surface area contributed by atoms with Crippen molar-refractivity contribution in [2.24, 2.45) is 11.7 Å². The van der Waals surface area contributed by atoms with Crippen LogP contribution in [0.2, 0.25) is 0 Å². The number of ether oxygens (including phenoxy) is 1. The average molecular weight is 247 g/mol. The molecule has 2 N–H and O–H groups in total. The van der Waals surface area contributed by atoms with Crippen LogP contribution in [-0.4, -0.2) is 18.9 Å². The molecule has 2 atom stereocenters. The average Bonchev–Trinajstić information content (AvgIpc) is 2.39. The molecule has 1 aliphatic heterocycles. The van der Waals surface area contributed by atoms with Gasteiger partial charge in [0.1, 0.15) is 5.78 Å². The first kappa shape index (κ1) is 13.2. The molecule has 98 valence electrons. The molecular formula is C15H21NO2. The Morgan fingerprint density at radius 3 is 3.06 bits per heavy atom. The Hall–Kier alpha value is -1.19. The molecule has 0 saturated carbocycles. The maximum Gasteiger partial charge on any atom is 0.136 e. The number of rotatable bonds is 5. The van der Waals surface area contributed by atoms with E-state index < -0.39 is 0 Å². The number of ketones is 1. The maximum absolute atomic E-state index is 12.0. The van der Waals surface area contributed by atoms with Crippen LogP contribution in [0, 0.1) is 5.92 Å². The summed E-state index contributed by atoms with van der Waals surface area (Å²) in [6.07, 6.45) is 1.91. The fraction of sp³-hybridized carbons (Fsp3) is 0.533. The quantitative estimate of drug-likeness (QED) is 0.868. The second-order valence-corrected chi connectivity index (χ2v) is 5.10. The van der Waals surface area contributed by atoms with Crippen molar-refractivity contribution in [1.82, 2.24) is 0 Å². The number of benzene rings is 1. The Kier molecular flexibility index (Phi) is 4.50. The highest BCUT2D eigenvalue weighted by atomic mass is 16.5. The molecule has 3 nitrogen and oxygen atoms in total. The van der Waals surface area contributed by atoms with Crippen molar-refractivity contribution < 1.29 is 9.53 Å². The van der Waals surface area contributed by atoms with Gasteiger partial charge in [0.2, 0.25) is 0 Å². The van der Waals surface area contributed by atoms with Crippen LogP contribution in [0.1, 0.15) is 37.0 Å². The third-order valence-electron chi connectivity index (χ3n) is 3.48. The first-order valence-corrected chi connectivity index (χ1v) is 6.62. The highest BCUT2D eigenvalue weighted by Gasteiger charge is 2.23. The minimum absolute atomic E-state index is 0.0626. The number of nitrogens with two attached hydrogens (primary N) is 1. The number of Topliss-reactive ketones (excluding diaryl/α,β-unsaturated/α-hetero) is 1. The normalized spacial score (nSPS) is 20.2. The van der Waals surface area contributed by atoms with Crippen LogP contribution in [0.3, 0.4) is 0 Å². The molecule has 0 bridgehead atoms. The van der Waals surface area contributed by atoms with Crippen LogP contribution in [0.5, 0.6) is 0 Å². The smallest absolute Gasteiger partial charge is 0.136 e. The molecule has 1 aromatic carbocycles. The maximum atomic E-state index is 12.0. The summed E-state index contributed by atoms with van der Waals surface area (Å²) in [7, 11) is 0. The molecule has 0 spiro atoms. The Morgan fingerprint density at radius 2 is 2.28 bits per heavy atom. The van der Waals surface area contributed by atoms with Crippen LogP contribution in [0.25, 0.3) is 0 Å². The van der Waals surface area contributed by atoms with Crippen molar-refractivity contribution in [1.29, 1.82) is 0 Å². The van der Waals surface area contributed by atoms with E-state index in [1.807, 2.05) is 19.1 Å². The molecule has 0 aliphatic carbocycles. The minimum atomic E-state index is -0.0626. The van der Waals surface area contributed by atoms with Gasteiger partial charge in [0.15, 0.2) is 0 Å². The van der Waals surface area contributed by atoms with Crippen molar-refractivity contribution in [3.05, 3.63) is 35.4 Å². The second kappa shape index (κ2) is 6.12. The second-order valence-electron chi connectivity index (χ2n) is 5.10. The molecule has 1 aromatic rings.